The number of benzene rings is 1. The molecule has 0 bridgehead atoms. The molecular weight excluding hydrogens is 180 g/mol. The molecule has 0 aliphatic carbocycles. The predicted octanol–water partition coefficient (Wildman–Crippen LogP) is 1.86. The molecule has 0 radical (unpaired) electrons. The lowest BCUT2D eigenvalue weighted by Crippen LogP contribution is -2.18. The molecule has 2 atom stereocenters. The summed E-state index contributed by atoms with van der Waals surface area (Å²) >= 11 is 0. The molecule has 1 aliphatic rings. The van der Waals surface area contributed by atoms with E-state index >= 15 is 0 Å². The van der Waals surface area contributed by atoms with Crippen molar-refractivity contribution in [3.63, 3.8) is 0 Å². The first kappa shape index (κ1) is 9.34. The highest BCUT2D eigenvalue weighted by Gasteiger charge is 2.31. The van der Waals surface area contributed by atoms with Gasteiger partial charge in [-0.1, -0.05) is 12.1 Å². The van der Waals surface area contributed by atoms with Gasteiger partial charge in [-0.25, -0.2) is 0 Å². The highest BCUT2D eigenvalue weighted by molar-refractivity contribution is 5.39. The quantitative estimate of drug-likeness (QED) is 0.685. The van der Waals surface area contributed by atoms with Crippen LogP contribution in [0.4, 0.5) is 0 Å². The Morgan fingerprint density at radius 1 is 1.36 bits per heavy atom. The molecule has 0 N–H and O–H groups in total. The highest BCUT2D eigenvalue weighted by atomic mass is 16.6. The molecule has 1 heterocycles. The molecule has 1 aliphatic heterocycles. The molecule has 1 aromatic rings. The molecule has 0 aromatic heterocycles. The fourth-order valence-electron chi connectivity index (χ4n) is 1.32. The molecular formula is C11H14O3. The molecule has 1 fully saturated rings. The lowest BCUT2D eigenvalue weighted by molar-refractivity contribution is 0.170. The van der Waals surface area contributed by atoms with E-state index in [0.29, 0.717) is 0 Å². The van der Waals surface area contributed by atoms with Crippen LogP contribution < -0.4 is 9.47 Å². The third-order valence-corrected chi connectivity index (χ3v) is 2.26. The summed E-state index contributed by atoms with van der Waals surface area (Å²) in [5.41, 5.74) is 0. The summed E-state index contributed by atoms with van der Waals surface area (Å²) in [6, 6.07) is 7.63. The van der Waals surface area contributed by atoms with Gasteiger partial charge in [0.05, 0.1) is 13.7 Å². The van der Waals surface area contributed by atoms with E-state index in [1.807, 2.05) is 31.2 Å². The Labute approximate surface area is 83.6 Å². The summed E-state index contributed by atoms with van der Waals surface area (Å²) in [6.45, 7) is 2.81. The number of hydrogen-bond donors (Lipinski definition) is 0. The van der Waals surface area contributed by atoms with Gasteiger partial charge in [0, 0.05) is 0 Å². The Bertz CT molecular complexity index is 307. The minimum absolute atomic E-state index is 0.0892. The van der Waals surface area contributed by atoms with Crippen molar-refractivity contribution in [2.45, 2.75) is 19.1 Å². The van der Waals surface area contributed by atoms with Crippen molar-refractivity contribution < 1.29 is 14.2 Å². The van der Waals surface area contributed by atoms with Crippen LogP contribution >= 0.6 is 0 Å². The fourth-order valence-corrected chi connectivity index (χ4v) is 1.32. The Balaban J connectivity index is 2.06. The standard InChI is InChI=1S/C11H14O3/c1-8(11-7-13-11)14-10-6-4-3-5-9(10)12-2/h3-6,8,11H,7H2,1-2H3/t8-,11+/m0/s1. The average Bonchev–Trinajstić information content (AvgIpc) is 3.02. The molecule has 1 aromatic carbocycles. The average molecular weight is 194 g/mol. The summed E-state index contributed by atoms with van der Waals surface area (Å²) in [5, 5.41) is 0. The van der Waals surface area contributed by atoms with E-state index in [0.717, 1.165) is 18.1 Å². The van der Waals surface area contributed by atoms with E-state index < -0.39 is 0 Å². The summed E-state index contributed by atoms with van der Waals surface area (Å²) in [6.07, 6.45) is 0.339. The lowest BCUT2D eigenvalue weighted by Gasteiger charge is -2.14. The summed E-state index contributed by atoms with van der Waals surface area (Å²) in [5.74, 6) is 1.54. The van der Waals surface area contributed by atoms with Gasteiger partial charge < -0.3 is 14.2 Å². The summed E-state index contributed by atoms with van der Waals surface area (Å²) in [7, 11) is 1.64. The molecule has 0 unspecified atom stereocenters. The molecule has 1 saturated heterocycles. The normalized spacial score (nSPS) is 21.4. The number of ether oxygens (including phenoxy) is 3. The van der Waals surface area contributed by atoms with E-state index in [9.17, 15) is 0 Å². The van der Waals surface area contributed by atoms with Crippen molar-refractivity contribution >= 4 is 0 Å². The van der Waals surface area contributed by atoms with Crippen molar-refractivity contribution in [3.05, 3.63) is 24.3 Å². The van der Waals surface area contributed by atoms with Crippen LogP contribution in [-0.2, 0) is 4.74 Å². The summed E-state index contributed by atoms with van der Waals surface area (Å²) < 4.78 is 16.0. The summed E-state index contributed by atoms with van der Waals surface area (Å²) in [4.78, 5) is 0. The number of rotatable bonds is 4. The number of epoxide rings is 1. The van der Waals surface area contributed by atoms with Crippen LogP contribution in [0, 0.1) is 0 Å². The molecule has 0 amide bonds. The van der Waals surface area contributed by atoms with Crippen molar-refractivity contribution in [1.29, 1.82) is 0 Å². The molecule has 76 valence electrons. The van der Waals surface area contributed by atoms with E-state index in [1.165, 1.54) is 0 Å². The Kier molecular flexibility index (Phi) is 2.59. The van der Waals surface area contributed by atoms with Crippen molar-refractivity contribution in [1.82, 2.24) is 0 Å². The van der Waals surface area contributed by atoms with Crippen LogP contribution in [-0.4, -0.2) is 25.9 Å². The first-order valence-electron chi connectivity index (χ1n) is 4.72. The Morgan fingerprint density at radius 3 is 2.57 bits per heavy atom. The zero-order valence-electron chi connectivity index (χ0n) is 8.40. The fraction of sp³-hybridized carbons (Fsp3) is 0.455. The maximum absolute atomic E-state index is 5.71. The zero-order valence-corrected chi connectivity index (χ0v) is 8.40. The van der Waals surface area contributed by atoms with Crippen LogP contribution in [0.15, 0.2) is 24.3 Å². The second-order valence-electron chi connectivity index (χ2n) is 3.35. The van der Waals surface area contributed by atoms with Crippen LogP contribution in [0.25, 0.3) is 0 Å². The van der Waals surface area contributed by atoms with Crippen molar-refractivity contribution in [3.8, 4) is 11.5 Å². The maximum atomic E-state index is 5.71. The van der Waals surface area contributed by atoms with E-state index in [1.54, 1.807) is 7.11 Å². The van der Waals surface area contributed by atoms with Crippen LogP contribution in [0.5, 0.6) is 11.5 Å². The topological polar surface area (TPSA) is 31.0 Å². The molecule has 0 spiro atoms. The minimum Gasteiger partial charge on any atom is -0.493 e. The largest absolute Gasteiger partial charge is 0.493 e. The number of methoxy groups -OCH3 is 1. The van der Waals surface area contributed by atoms with E-state index in [-0.39, 0.29) is 12.2 Å². The van der Waals surface area contributed by atoms with Gasteiger partial charge in [-0.2, -0.15) is 0 Å². The van der Waals surface area contributed by atoms with Gasteiger partial charge >= 0.3 is 0 Å². The molecule has 3 heteroatoms. The van der Waals surface area contributed by atoms with E-state index in [4.69, 9.17) is 14.2 Å². The molecule has 14 heavy (non-hydrogen) atoms. The van der Waals surface area contributed by atoms with Crippen molar-refractivity contribution in [2.75, 3.05) is 13.7 Å². The first-order chi connectivity index (χ1) is 6.81. The monoisotopic (exact) mass is 194 g/mol. The number of hydrogen-bond acceptors (Lipinski definition) is 3. The van der Waals surface area contributed by atoms with Gasteiger partial charge in [0.15, 0.2) is 11.5 Å². The van der Waals surface area contributed by atoms with Crippen LogP contribution in [0.2, 0.25) is 0 Å². The maximum Gasteiger partial charge on any atom is 0.161 e. The van der Waals surface area contributed by atoms with E-state index in [2.05, 4.69) is 0 Å². The smallest absolute Gasteiger partial charge is 0.161 e. The molecule has 2 rings (SSSR count). The van der Waals surface area contributed by atoms with Gasteiger partial charge in [-0.05, 0) is 19.1 Å². The second-order valence-corrected chi connectivity index (χ2v) is 3.35. The van der Waals surface area contributed by atoms with Crippen molar-refractivity contribution in [2.24, 2.45) is 0 Å². The first-order valence-corrected chi connectivity index (χ1v) is 4.72. The number of para-hydroxylation sites is 2. The van der Waals surface area contributed by atoms with Gasteiger partial charge in [-0.3, -0.25) is 0 Å². The van der Waals surface area contributed by atoms with Gasteiger partial charge in [0.1, 0.15) is 12.2 Å². The molecule has 0 saturated carbocycles. The Hall–Kier alpha value is -1.22. The second kappa shape index (κ2) is 3.88. The van der Waals surface area contributed by atoms with Crippen LogP contribution in [0.1, 0.15) is 6.92 Å². The highest BCUT2D eigenvalue weighted by Crippen LogP contribution is 2.29. The van der Waals surface area contributed by atoms with Gasteiger partial charge in [0.25, 0.3) is 0 Å². The third kappa shape index (κ3) is 1.99. The predicted molar refractivity (Wildman–Crippen MR) is 52.8 cm³/mol. The zero-order chi connectivity index (χ0) is 9.97. The lowest BCUT2D eigenvalue weighted by atomic mass is 10.3. The molecule has 3 nitrogen and oxygen atoms in total. The van der Waals surface area contributed by atoms with Gasteiger partial charge in [0.2, 0.25) is 0 Å². The van der Waals surface area contributed by atoms with Crippen LogP contribution in [0.3, 0.4) is 0 Å². The Morgan fingerprint density at radius 2 is 2.00 bits per heavy atom. The minimum atomic E-state index is 0.0892. The third-order valence-electron chi connectivity index (χ3n) is 2.26. The van der Waals surface area contributed by atoms with Gasteiger partial charge in [-0.15, -0.1) is 0 Å². The SMILES string of the molecule is COc1ccccc1O[C@@H](C)[C@H]1CO1.